The molecule has 3 N–H and O–H groups in total. The Kier molecular flexibility index (Phi) is 4.40. The van der Waals surface area contributed by atoms with Crippen LogP contribution in [0.25, 0.3) is 0 Å². The first-order valence-electron chi connectivity index (χ1n) is 6.40. The lowest BCUT2D eigenvalue weighted by molar-refractivity contribution is -0.135. The molecule has 0 unspecified atom stereocenters. The molecule has 1 aromatic carbocycles. The molecule has 0 bridgehead atoms. The van der Waals surface area contributed by atoms with Gasteiger partial charge >= 0.3 is 0 Å². The van der Waals surface area contributed by atoms with E-state index in [0.29, 0.717) is 13.1 Å². The second kappa shape index (κ2) is 5.85. The summed E-state index contributed by atoms with van der Waals surface area (Å²) in [6.07, 6.45) is 3.83. The number of benzene rings is 1. The minimum Gasteiger partial charge on any atom is -0.355 e. The maximum atomic E-state index is 12.1. The molecule has 0 saturated heterocycles. The Morgan fingerprint density at radius 3 is 2.67 bits per heavy atom. The second-order valence-corrected chi connectivity index (χ2v) is 5.79. The Hall–Kier alpha value is -0.870. The molecule has 3 nitrogen and oxygen atoms in total. The van der Waals surface area contributed by atoms with Crippen molar-refractivity contribution in [2.24, 2.45) is 11.1 Å². The fraction of sp³-hybridized carbons (Fsp3) is 0.500. The van der Waals surface area contributed by atoms with E-state index in [-0.39, 0.29) is 11.3 Å². The van der Waals surface area contributed by atoms with Gasteiger partial charge in [-0.2, -0.15) is 0 Å². The van der Waals surface area contributed by atoms with Gasteiger partial charge < -0.3 is 11.1 Å². The maximum Gasteiger partial charge on any atom is 0.227 e. The summed E-state index contributed by atoms with van der Waals surface area (Å²) >= 11 is 3.51. The molecule has 1 fully saturated rings. The third kappa shape index (κ3) is 2.75. The molecule has 0 aromatic heterocycles. The summed E-state index contributed by atoms with van der Waals surface area (Å²) in [5.74, 6) is 0.128. The third-order valence-corrected chi connectivity index (χ3v) is 4.59. The summed E-state index contributed by atoms with van der Waals surface area (Å²) in [4.78, 5) is 12.1. The zero-order chi connectivity index (χ0) is 13.0. The van der Waals surface area contributed by atoms with Crippen LogP contribution in [0.15, 0.2) is 28.7 Å². The molecule has 0 heterocycles. The van der Waals surface area contributed by atoms with E-state index in [9.17, 15) is 4.79 Å². The quantitative estimate of drug-likeness (QED) is 0.876. The van der Waals surface area contributed by atoms with Crippen LogP contribution in [0.4, 0.5) is 0 Å². The van der Waals surface area contributed by atoms with Crippen molar-refractivity contribution in [1.82, 2.24) is 5.32 Å². The predicted octanol–water partition coefficient (Wildman–Crippen LogP) is 2.24. The van der Waals surface area contributed by atoms with Gasteiger partial charge in [-0.15, -0.1) is 0 Å². The second-order valence-electron chi connectivity index (χ2n) is 4.94. The molecule has 4 heteroatoms. The van der Waals surface area contributed by atoms with Gasteiger partial charge in [-0.1, -0.05) is 40.5 Å². The third-order valence-electron chi connectivity index (χ3n) is 3.82. The summed E-state index contributed by atoms with van der Waals surface area (Å²) in [5, 5.41) is 3.01. The van der Waals surface area contributed by atoms with Crippen LogP contribution in [-0.4, -0.2) is 19.0 Å². The van der Waals surface area contributed by atoms with E-state index in [1.807, 2.05) is 18.2 Å². The normalized spacial score (nSPS) is 17.0. The average molecular weight is 311 g/mol. The number of hydrogen-bond acceptors (Lipinski definition) is 2. The predicted molar refractivity (Wildman–Crippen MR) is 76.2 cm³/mol. The van der Waals surface area contributed by atoms with Gasteiger partial charge in [0.25, 0.3) is 0 Å². The molecule has 1 amide bonds. The van der Waals surface area contributed by atoms with Crippen LogP contribution in [0, 0.1) is 5.41 Å². The number of carbonyl (C=O) groups is 1. The number of nitrogens with two attached hydrogens (primary N) is 1. The number of carbonyl (C=O) groups excluding carboxylic acids is 1. The Bertz CT molecular complexity index is 424. The van der Waals surface area contributed by atoms with Gasteiger partial charge in [0.1, 0.15) is 0 Å². The highest BCUT2D eigenvalue weighted by atomic mass is 79.9. The van der Waals surface area contributed by atoms with E-state index in [1.165, 1.54) is 5.56 Å². The Labute approximate surface area is 116 Å². The first kappa shape index (κ1) is 13.6. The minimum atomic E-state index is -0.270. The van der Waals surface area contributed by atoms with Gasteiger partial charge in [-0.05, 0) is 30.9 Å². The highest BCUT2D eigenvalue weighted by Crippen LogP contribution is 2.39. The number of nitrogens with one attached hydrogen (secondary N) is 1. The fourth-order valence-electron chi connectivity index (χ4n) is 2.33. The summed E-state index contributed by atoms with van der Waals surface area (Å²) in [7, 11) is 0. The van der Waals surface area contributed by atoms with Crippen LogP contribution in [0.5, 0.6) is 0 Å². The minimum absolute atomic E-state index is 0.128. The molecule has 2 rings (SSSR count). The summed E-state index contributed by atoms with van der Waals surface area (Å²) in [6.45, 7) is 1.14. The lowest BCUT2D eigenvalue weighted by Crippen LogP contribution is -2.50. The summed E-state index contributed by atoms with van der Waals surface area (Å²) in [6, 6.07) is 8.09. The molecule has 18 heavy (non-hydrogen) atoms. The SMILES string of the molecule is NCC1(C(=O)NCCc2ccccc2Br)CCC1. The van der Waals surface area contributed by atoms with Gasteiger partial charge in [0, 0.05) is 17.6 Å². The standard InChI is InChI=1S/C14H19BrN2O/c15-12-5-2-1-4-11(12)6-9-17-13(18)14(10-16)7-3-8-14/h1-2,4-5H,3,6-10,16H2,(H,17,18). The Morgan fingerprint density at radius 1 is 1.39 bits per heavy atom. The largest absolute Gasteiger partial charge is 0.355 e. The number of amides is 1. The number of rotatable bonds is 5. The topological polar surface area (TPSA) is 55.1 Å². The van der Waals surface area contributed by atoms with Crippen LogP contribution < -0.4 is 11.1 Å². The van der Waals surface area contributed by atoms with Crippen molar-refractivity contribution in [2.45, 2.75) is 25.7 Å². The number of hydrogen-bond donors (Lipinski definition) is 2. The van der Waals surface area contributed by atoms with Crippen LogP contribution in [-0.2, 0) is 11.2 Å². The van der Waals surface area contributed by atoms with E-state index in [2.05, 4.69) is 27.3 Å². The van der Waals surface area contributed by atoms with Crippen molar-refractivity contribution < 1.29 is 4.79 Å². The van der Waals surface area contributed by atoms with E-state index >= 15 is 0 Å². The smallest absolute Gasteiger partial charge is 0.227 e. The average Bonchev–Trinajstić information content (AvgIpc) is 2.31. The Morgan fingerprint density at radius 2 is 2.11 bits per heavy atom. The van der Waals surface area contributed by atoms with Crippen LogP contribution >= 0.6 is 15.9 Å². The van der Waals surface area contributed by atoms with Crippen LogP contribution in [0.1, 0.15) is 24.8 Å². The molecule has 0 atom stereocenters. The Balaban J connectivity index is 1.82. The van der Waals surface area contributed by atoms with Gasteiger partial charge in [0.2, 0.25) is 5.91 Å². The molecule has 0 spiro atoms. The zero-order valence-electron chi connectivity index (χ0n) is 10.4. The first-order valence-corrected chi connectivity index (χ1v) is 7.19. The highest BCUT2D eigenvalue weighted by Gasteiger charge is 2.42. The van der Waals surface area contributed by atoms with Crippen molar-refractivity contribution in [2.75, 3.05) is 13.1 Å². The molecule has 0 radical (unpaired) electrons. The van der Waals surface area contributed by atoms with Gasteiger partial charge in [-0.25, -0.2) is 0 Å². The molecule has 1 aromatic rings. The van der Waals surface area contributed by atoms with Crippen molar-refractivity contribution in [3.05, 3.63) is 34.3 Å². The van der Waals surface area contributed by atoms with E-state index in [4.69, 9.17) is 5.73 Å². The van der Waals surface area contributed by atoms with Crippen LogP contribution in [0.3, 0.4) is 0 Å². The van der Waals surface area contributed by atoms with Crippen molar-refractivity contribution >= 4 is 21.8 Å². The van der Waals surface area contributed by atoms with Crippen molar-refractivity contribution in [3.8, 4) is 0 Å². The van der Waals surface area contributed by atoms with Crippen molar-refractivity contribution in [3.63, 3.8) is 0 Å². The fourth-order valence-corrected chi connectivity index (χ4v) is 2.81. The van der Waals surface area contributed by atoms with Gasteiger partial charge in [0.05, 0.1) is 5.41 Å². The van der Waals surface area contributed by atoms with Gasteiger partial charge in [0.15, 0.2) is 0 Å². The molecule has 98 valence electrons. The van der Waals surface area contributed by atoms with Gasteiger partial charge in [-0.3, -0.25) is 4.79 Å². The maximum absolute atomic E-state index is 12.1. The van der Waals surface area contributed by atoms with E-state index in [0.717, 1.165) is 30.2 Å². The van der Waals surface area contributed by atoms with E-state index < -0.39 is 0 Å². The lowest BCUT2D eigenvalue weighted by Gasteiger charge is -2.39. The molecular formula is C14H19BrN2O. The molecule has 0 aliphatic heterocycles. The molecule has 1 aliphatic carbocycles. The first-order chi connectivity index (χ1) is 8.68. The lowest BCUT2D eigenvalue weighted by atomic mass is 9.68. The van der Waals surface area contributed by atoms with Crippen molar-refractivity contribution in [1.29, 1.82) is 0 Å². The molecule has 1 aliphatic rings. The van der Waals surface area contributed by atoms with E-state index in [1.54, 1.807) is 0 Å². The monoisotopic (exact) mass is 310 g/mol. The summed E-state index contributed by atoms with van der Waals surface area (Å²) < 4.78 is 1.09. The number of halogens is 1. The molecular weight excluding hydrogens is 292 g/mol. The summed E-state index contributed by atoms with van der Waals surface area (Å²) in [5.41, 5.74) is 6.65. The molecule has 1 saturated carbocycles. The van der Waals surface area contributed by atoms with Crippen LogP contribution in [0.2, 0.25) is 0 Å². The zero-order valence-corrected chi connectivity index (χ0v) is 12.0. The highest BCUT2D eigenvalue weighted by molar-refractivity contribution is 9.10.